The molecule has 3 rings (SSSR count). The van der Waals surface area contributed by atoms with Crippen molar-refractivity contribution in [2.75, 3.05) is 44.9 Å². The van der Waals surface area contributed by atoms with Gasteiger partial charge in [0.25, 0.3) is 0 Å². The van der Waals surface area contributed by atoms with Gasteiger partial charge in [-0.15, -0.1) is 0 Å². The molecule has 1 aromatic carbocycles. The van der Waals surface area contributed by atoms with Crippen molar-refractivity contribution in [3.8, 4) is 0 Å². The Morgan fingerprint density at radius 3 is 2.66 bits per heavy atom. The van der Waals surface area contributed by atoms with E-state index in [-0.39, 0.29) is 43.4 Å². The molecule has 0 radical (unpaired) electrons. The molecule has 2 fully saturated rings. The normalized spacial score (nSPS) is 17.7. The summed E-state index contributed by atoms with van der Waals surface area (Å²) in [5.74, 6) is -0.270. The van der Waals surface area contributed by atoms with Crippen LogP contribution in [0.4, 0.5) is 5.69 Å². The topological polar surface area (TPSA) is 70.2 Å². The summed E-state index contributed by atoms with van der Waals surface area (Å²) in [6.45, 7) is 3.01. The number of nitrogens with zero attached hydrogens (tertiary/aromatic N) is 3. The molecule has 1 aliphatic carbocycles. The Labute approximate surface area is 172 Å². The molecule has 0 aromatic heterocycles. The molecular weight excluding hydrogens is 370 g/mol. The molecule has 29 heavy (non-hydrogen) atoms. The largest absolute Gasteiger partial charge is 0.383 e. The van der Waals surface area contributed by atoms with Gasteiger partial charge >= 0.3 is 0 Å². The summed E-state index contributed by atoms with van der Waals surface area (Å²) in [6.07, 6.45) is 5.08. The number of anilines is 1. The number of aryl methyl sites for hydroxylation is 1. The van der Waals surface area contributed by atoms with Gasteiger partial charge in [0.1, 0.15) is 13.2 Å². The van der Waals surface area contributed by atoms with E-state index in [2.05, 4.69) is 0 Å². The predicted molar refractivity (Wildman–Crippen MR) is 110 cm³/mol. The van der Waals surface area contributed by atoms with Gasteiger partial charge in [-0.25, -0.2) is 0 Å². The quantitative estimate of drug-likeness (QED) is 0.702. The van der Waals surface area contributed by atoms with Crippen LogP contribution in [0.2, 0.25) is 0 Å². The van der Waals surface area contributed by atoms with E-state index in [0.29, 0.717) is 13.2 Å². The van der Waals surface area contributed by atoms with Crippen LogP contribution in [-0.2, 0) is 19.1 Å². The fourth-order valence-electron chi connectivity index (χ4n) is 4.08. The molecule has 0 spiro atoms. The van der Waals surface area contributed by atoms with Crippen molar-refractivity contribution in [3.63, 3.8) is 0 Å². The molecule has 1 aromatic rings. The lowest BCUT2D eigenvalue weighted by Gasteiger charge is -2.30. The SMILES string of the molecule is COCCN(CC(=O)N1CC(=O)N(c2cccc(C)c2)C1)C(=O)C1CCCCC1. The first-order valence-electron chi connectivity index (χ1n) is 10.4. The fourth-order valence-corrected chi connectivity index (χ4v) is 4.08. The first-order valence-corrected chi connectivity index (χ1v) is 10.4. The third-order valence-electron chi connectivity index (χ3n) is 5.76. The van der Waals surface area contributed by atoms with E-state index in [9.17, 15) is 14.4 Å². The molecule has 0 bridgehead atoms. The second-order valence-corrected chi connectivity index (χ2v) is 7.98. The third kappa shape index (κ3) is 5.35. The van der Waals surface area contributed by atoms with Crippen molar-refractivity contribution in [1.82, 2.24) is 9.80 Å². The van der Waals surface area contributed by atoms with Crippen LogP contribution in [0.15, 0.2) is 24.3 Å². The van der Waals surface area contributed by atoms with Gasteiger partial charge in [0.15, 0.2) is 0 Å². The first kappa shape index (κ1) is 21.3. The maximum Gasteiger partial charge on any atom is 0.248 e. The van der Waals surface area contributed by atoms with Crippen molar-refractivity contribution >= 4 is 23.4 Å². The van der Waals surface area contributed by atoms with Crippen LogP contribution in [-0.4, -0.2) is 67.5 Å². The summed E-state index contributed by atoms with van der Waals surface area (Å²) in [5.41, 5.74) is 1.85. The minimum Gasteiger partial charge on any atom is -0.383 e. The van der Waals surface area contributed by atoms with E-state index in [1.54, 1.807) is 16.9 Å². The van der Waals surface area contributed by atoms with Crippen LogP contribution < -0.4 is 4.90 Å². The zero-order valence-electron chi connectivity index (χ0n) is 17.4. The number of carbonyl (C=O) groups is 3. The van der Waals surface area contributed by atoms with Gasteiger partial charge in [-0.1, -0.05) is 31.4 Å². The molecule has 0 N–H and O–H groups in total. The highest BCUT2D eigenvalue weighted by Gasteiger charge is 2.34. The molecule has 0 unspecified atom stereocenters. The minimum absolute atomic E-state index is 0.00240. The molecule has 1 heterocycles. The van der Waals surface area contributed by atoms with Gasteiger partial charge in [-0.05, 0) is 37.5 Å². The van der Waals surface area contributed by atoms with Crippen LogP contribution in [0.3, 0.4) is 0 Å². The average molecular weight is 402 g/mol. The Bertz CT molecular complexity index is 745. The average Bonchev–Trinajstić information content (AvgIpc) is 3.13. The number of carbonyl (C=O) groups excluding carboxylic acids is 3. The molecule has 1 saturated heterocycles. The Morgan fingerprint density at radius 1 is 1.21 bits per heavy atom. The smallest absolute Gasteiger partial charge is 0.248 e. The maximum atomic E-state index is 13.0. The molecule has 158 valence electrons. The molecule has 0 atom stereocenters. The van der Waals surface area contributed by atoms with E-state index in [0.717, 1.165) is 36.9 Å². The van der Waals surface area contributed by atoms with Gasteiger partial charge in [-0.3, -0.25) is 19.3 Å². The zero-order chi connectivity index (χ0) is 20.8. The van der Waals surface area contributed by atoms with Crippen LogP contribution >= 0.6 is 0 Å². The highest BCUT2D eigenvalue weighted by molar-refractivity contribution is 6.00. The molecular formula is C22H31N3O4. The van der Waals surface area contributed by atoms with E-state index < -0.39 is 0 Å². The van der Waals surface area contributed by atoms with Crippen molar-refractivity contribution in [2.24, 2.45) is 5.92 Å². The first-order chi connectivity index (χ1) is 14.0. The summed E-state index contributed by atoms with van der Waals surface area (Å²) in [4.78, 5) is 43.1. The van der Waals surface area contributed by atoms with Gasteiger partial charge < -0.3 is 14.5 Å². The molecule has 2 aliphatic rings. The van der Waals surface area contributed by atoms with E-state index in [4.69, 9.17) is 4.74 Å². The number of rotatable bonds is 7. The second-order valence-electron chi connectivity index (χ2n) is 7.98. The van der Waals surface area contributed by atoms with Crippen LogP contribution in [0.1, 0.15) is 37.7 Å². The molecule has 1 saturated carbocycles. The number of methoxy groups -OCH3 is 1. The highest BCUT2D eigenvalue weighted by Crippen LogP contribution is 2.26. The van der Waals surface area contributed by atoms with Gasteiger partial charge in [0.2, 0.25) is 17.7 Å². The summed E-state index contributed by atoms with van der Waals surface area (Å²) in [7, 11) is 1.59. The lowest BCUT2D eigenvalue weighted by molar-refractivity contribution is -0.144. The zero-order valence-corrected chi connectivity index (χ0v) is 17.4. The minimum atomic E-state index is -0.200. The highest BCUT2D eigenvalue weighted by atomic mass is 16.5. The summed E-state index contributed by atoms with van der Waals surface area (Å²) in [5, 5.41) is 0. The predicted octanol–water partition coefficient (Wildman–Crippen LogP) is 2.18. The van der Waals surface area contributed by atoms with Crippen LogP contribution in [0, 0.1) is 12.8 Å². The third-order valence-corrected chi connectivity index (χ3v) is 5.76. The van der Waals surface area contributed by atoms with Crippen LogP contribution in [0.25, 0.3) is 0 Å². The Hall–Kier alpha value is -2.41. The van der Waals surface area contributed by atoms with E-state index >= 15 is 0 Å². The van der Waals surface area contributed by atoms with Crippen molar-refractivity contribution in [1.29, 1.82) is 0 Å². The van der Waals surface area contributed by atoms with Crippen molar-refractivity contribution in [2.45, 2.75) is 39.0 Å². The number of amides is 3. The standard InChI is InChI=1S/C22H31N3O4/c1-17-7-6-10-19(13-17)25-16-24(15-21(25)27)20(26)14-23(11-12-29-2)22(28)18-8-4-3-5-9-18/h6-7,10,13,18H,3-5,8-9,11-12,14-16H2,1-2H3. The van der Waals surface area contributed by atoms with Crippen molar-refractivity contribution < 1.29 is 19.1 Å². The summed E-state index contributed by atoms with van der Waals surface area (Å²) in [6, 6.07) is 7.68. The number of hydrogen-bond acceptors (Lipinski definition) is 4. The van der Waals surface area contributed by atoms with Crippen molar-refractivity contribution in [3.05, 3.63) is 29.8 Å². The summed E-state index contributed by atoms with van der Waals surface area (Å²) < 4.78 is 5.14. The maximum absolute atomic E-state index is 13.0. The monoisotopic (exact) mass is 401 g/mol. The lowest BCUT2D eigenvalue weighted by Crippen LogP contribution is -2.46. The lowest BCUT2D eigenvalue weighted by atomic mass is 9.88. The molecule has 3 amide bonds. The number of benzene rings is 1. The number of hydrogen-bond donors (Lipinski definition) is 0. The number of ether oxygens (including phenoxy) is 1. The molecule has 1 aliphatic heterocycles. The Morgan fingerprint density at radius 2 is 1.97 bits per heavy atom. The Balaban J connectivity index is 1.64. The molecule has 7 nitrogen and oxygen atoms in total. The Kier molecular flexibility index (Phi) is 7.25. The van der Waals surface area contributed by atoms with E-state index in [1.165, 1.54) is 11.3 Å². The van der Waals surface area contributed by atoms with Gasteiger partial charge in [0.05, 0.1) is 13.2 Å². The van der Waals surface area contributed by atoms with Gasteiger partial charge in [0, 0.05) is 25.3 Å². The van der Waals surface area contributed by atoms with Gasteiger partial charge in [-0.2, -0.15) is 0 Å². The molecule has 7 heteroatoms. The fraction of sp³-hybridized carbons (Fsp3) is 0.591. The summed E-state index contributed by atoms with van der Waals surface area (Å²) >= 11 is 0. The van der Waals surface area contributed by atoms with E-state index in [1.807, 2.05) is 31.2 Å². The van der Waals surface area contributed by atoms with Crippen LogP contribution in [0.5, 0.6) is 0 Å². The second kappa shape index (κ2) is 9.87.